The first-order valence-electron chi connectivity index (χ1n) is 9.27. The molecule has 0 aliphatic rings. The molecule has 1 N–H and O–H groups in total. The third kappa shape index (κ3) is 6.02. The van der Waals surface area contributed by atoms with E-state index >= 15 is 0 Å². The van der Waals surface area contributed by atoms with Crippen molar-refractivity contribution in [2.24, 2.45) is 11.8 Å². The highest BCUT2D eigenvalue weighted by Crippen LogP contribution is 2.21. The lowest BCUT2D eigenvalue weighted by atomic mass is 10.2. The summed E-state index contributed by atoms with van der Waals surface area (Å²) in [7, 11) is -3.58. The smallest absolute Gasteiger partial charge is 0.256 e. The van der Waals surface area contributed by atoms with Crippen molar-refractivity contribution in [1.82, 2.24) is 4.31 Å². The van der Waals surface area contributed by atoms with Gasteiger partial charge in [-0.15, -0.1) is 0 Å². The molecule has 1 amide bonds. The number of halogens is 1. The molecule has 0 spiro atoms. The van der Waals surface area contributed by atoms with Crippen molar-refractivity contribution < 1.29 is 13.2 Å². The van der Waals surface area contributed by atoms with E-state index in [0.29, 0.717) is 24.3 Å². The van der Waals surface area contributed by atoms with Crippen molar-refractivity contribution in [3.05, 3.63) is 57.7 Å². The van der Waals surface area contributed by atoms with Gasteiger partial charge in [0.25, 0.3) is 5.91 Å². The predicted octanol–water partition coefficient (Wildman–Crippen LogP) is 4.85. The van der Waals surface area contributed by atoms with Crippen LogP contribution in [0.25, 0.3) is 0 Å². The van der Waals surface area contributed by atoms with E-state index in [2.05, 4.69) is 27.9 Å². The molecule has 0 radical (unpaired) electrons. The van der Waals surface area contributed by atoms with Crippen LogP contribution in [-0.2, 0) is 10.0 Å². The number of benzene rings is 2. The third-order valence-electron chi connectivity index (χ3n) is 4.01. The summed E-state index contributed by atoms with van der Waals surface area (Å²) in [5, 5.41) is 2.82. The van der Waals surface area contributed by atoms with Crippen molar-refractivity contribution in [3.63, 3.8) is 0 Å². The van der Waals surface area contributed by atoms with Gasteiger partial charge in [0.1, 0.15) is 0 Å². The van der Waals surface area contributed by atoms with Gasteiger partial charge in [-0.1, -0.05) is 39.8 Å². The quantitative estimate of drug-likeness (QED) is 0.513. The van der Waals surface area contributed by atoms with Gasteiger partial charge in [-0.2, -0.15) is 4.31 Å². The normalized spacial score (nSPS) is 12.0. The number of rotatable bonds is 8. The van der Waals surface area contributed by atoms with Crippen LogP contribution in [-0.4, -0.2) is 31.7 Å². The molecule has 2 rings (SSSR count). The molecule has 7 heteroatoms. The summed E-state index contributed by atoms with van der Waals surface area (Å²) in [4.78, 5) is 12.7. The van der Waals surface area contributed by atoms with Crippen molar-refractivity contribution >= 4 is 44.2 Å². The van der Waals surface area contributed by atoms with E-state index in [1.807, 2.05) is 45.9 Å². The van der Waals surface area contributed by atoms with Gasteiger partial charge in [0.15, 0.2) is 0 Å². The Balaban J connectivity index is 2.20. The van der Waals surface area contributed by atoms with Gasteiger partial charge >= 0.3 is 0 Å². The summed E-state index contributed by atoms with van der Waals surface area (Å²) in [6.45, 7) is 8.98. The van der Waals surface area contributed by atoms with Crippen molar-refractivity contribution in [3.8, 4) is 0 Å². The Hall–Kier alpha value is -1.45. The fourth-order valence-corrected chi connectivity index (χ4v) is 5.19. The molecule has 2 aromatic carbocycles. The maximum Gasteiger partial charge on any atom is 0.256 e. The molecule has 152 valence electrons. The Morgan fingerprint density at radius 1 is 0.964 bits per heavy atom. The number of nitrogens with one attached hydrogen (secondary N) is 1. The number of amides is 1. The van der Waals surface area contributed by atoms with Crippen molar-refractivity contribution in [1.29, 1.82) is 0 Å². The van der Waals surface area contributed by atoms with E-state index in [1.165, 1.54) is 0 Å². The van der Waals surface area contributed by atoms with Crippen LogP contribution in [0.1, 0.15) is 38.1 Å². The Labute approximate surface area is 181 Å². The maximum atomic E-state index is 13.0. The number of hydrogen-bond acceptors (Lipinski definition) is 3. The molecule has 0 saturated heterocycles. The van der Waals surface area contributed by atoms with E-state index in [0.717, 1.165) is 3.57 Å². The Morgan fingerprint density at radius 3 is 2.00 bits per heavy atom. The topological polar surface area (TPSA) is 66.5 Å². The number of hydrogen-bond donors (Lipinski definition) is 1. The van der Waals surface area contributed by atoms with Crippen LogP contribution in [0.5, 0.6) is 0 Å². The van der Waals surface area contributed by atoms with Gasteiger partial charge in [0, 0.05) is 22.3 Å². The van der Waals surface area contributed by atoms with Crippen LogP contribution in [0, 0.1) is 15.4 Å². The van der Waals surface area contributed by atoms with Gasteiger partial charge in [-0.25, -0.2) is 8.42 Å². The zero-order chi connectivity index (χ0) is 20.9. The summed E-state index contributed by atoms with van der Waals surface area (Å²) in [5.41, 5.74) is 1.14. The average Bonchev–Trinajstić information content (AvgIpc) is 2.61. The number of sulfonamides is 1. The monoisotopic (exact) mass is 514 g/mol. The third-order valence-corrected chi connectivity index (χ3v) is 6.79. The summed E-state index contributed by atoms with van der Waals surface area (Å²) in [6.07, 6.45) is 0. The summed E-state index contributed by atoms with van der Waals surface area (Å²) in [6, 6.07) is 13.7. The first-order chi connectivity index (χ1) is 13.1. The number of carbonyl (C=O) groups is 1. The highest BCUT2D eigenvalue weighted by Gasteiger charge is 2.25. The Kier molecular flexibility index (Phi) is 8.03. The van der Waals surface area contributed by atoms with Crippen LogP contribution in [0.3, 0.4) is 0 Å². The van der Waals surface area contributed by atoms with Crippen LogP contribution < -0.4 is 5.32 Å². The van der Waals surface area contributed by atoms with E-state index in [9.17, 15) is 13.2 Å². The zero-order valence-electron chi connectivity index (χ0n) is 16.6. The van der Waals surface area contributed by atoms with Gasteiger partial charge in [-0.3, -0.25) is 4.79 Å². The SMILES string of the molecule is CC(C)CN(CC(C)C)S(=O)(=O)c1ccc(NC(=O)c2ccccc2I)cc1. The molecule has 2 aromatic rings. The molecule has 0 saturated carbocycles. The van der Waals surface area contributed by atoms with E-state index in [1.54, 1.807) is 34.6 Å². The predicted molar refractivity (Wildman–Crippen MR) is 122 cm³/mol. The second-order valence-corrected chi connectivity index (χ2v) is 10.7. The van der Waals surface area contributed by atoms with Gasteiger partial charge in [-0.05, 0) is 70.8 Å². The summed E-state index contributed by atoms with van der Waals surface area (Å²) >= 11 is 2.11. The van der Waals surface area contributed by atoms with Crippen LogP contribution in [0.2, 0.25) is 0 Å². The highest BCUT2D eigenvalue weighted by molar-refractivity contribution is 14.1. The lowest BCUT2D eigenvalue weighted by molar-refractivity contribution is 0.102. The average molecular weight is 514 g/mol. The molecule has 0 aliphatic carbocycles. The number of carbonyl (C=O) groups excluding carboxylic acids is 1. The minimum Gasteiger partial charge on any atom is -0.322 e. The minimum atomic E-state index is -3.58. The van der Waals surface area contributed by atoms with Crippen molar-refractivity contribution in [2.45, 2.75) is 32.6 Å². The van der Waals surface area contributed by atoms with Crippen LogP contribution >= 0.6 is 22.6 Å². The molecule has 0 aromatic heterocycles. The fraction of sp³-hybridized carbons (Fsp3) is 0.381. The molecule has 0 atom stereocenters. The molecule has 28 heavy (non-hydrogen) atoms. The minimum absolute atomic E-state index is 0.221. The molecule has 0 bridgehead atoms. The second kappa shape index (κ2) is 9.84. The zero-order valence-corrected chi connectivity index (χ0v) is 19.6. The Bertz CT molecular complexity index is 900. The van der Waals surface area contributed by atoms with E-state index in [4.69, 9.17) is 0 Å². The van der Waals surface area contributed by atoms with Gasteiger partial charge in [0.2, 0.25) is 10.0 Å². The van der Waals surface area contributed by atoms with Gasteiger partial charge < -0.3 is 5.32 Å². The number of anilines is 1. The van der Waals surface area contributed by atoms with Crippen LogP contribution in [0.4, 0.5) is 5.69 Å². The standard InChI is InChI=1S/C21H27IN2O3S/c1-15(2)13-24(14-16(3)4)28(26,27)18-11-9-17(10-12-18)23-21(25)19-7-5-6-8-20(19)22/h5-12,15-16H,13-14H2,1-4H3,(H,23,25). The molecule has 0 unspecified atom stereocenters. The van der Waals surface area contributed by atoms with Crippen molar-refractivity contribution in [2.75, 3.05) is 18.4 Å². The first-order valence-corrected chi connectivity index (χ1v) is 11.8. The maximum absolute atomic E-state index is 13.0. The molecule has 0 aliphatic heterocycles. The van der Waals surface area contributed by atoms with E-state index in [-0.39, 0.29) is 22.6 Å². The molecule has 0 fully saturated rings. The fourth-order valence-electron chi connectivity index (χ4n) is 2.79. The lowest BCUT2D eigenvalue weighted by Crippen LogP contribution is -2.37. The highest BCUT2D eigenvalue weighted by atomic mass is 127. The lowest BCUT2D eigenvalue weighted by Gasteiger charge is -2.25. The van der Waals surface area contributed by atoms with Gasteiger partial charge in [0.05, 0.1) is 10.5 Å². The largest absolute Gasteiger partial charge is 0.322 e. The molecular weight excluding hydrogens is 487 g/mol. The Morgan fingerprint density at radius 2 is 1.50 bits per heavy atom. The van der Waals surface area contributed by atoms with E-state index < -0.39 is 10.0 Å². The summed E-state index contributed by atoms with van der Waals surface area (Å²) in [5.74, 6) is 0.253. The molecular formula is C21H27IN2O3S. The van der Waals surface area contributed by atoms with Crippen LogP contribution in [0.15, 0.2) is 53.4 Å². The molecule has 5 nitrogen and oxygen atoms in total. The number of nitrogens with zero attached hydrogens (tertiary/aromatic N) is 1. The summed E-state index contributed by atoms with van der Waals surface area (Å²) < 4.78 is 28.5. The first kappa shape index (κ1) is 22.8. The molecule has 0 heterocycles. The second-order valence-electron chi connectivity index (χ2n) is 7.57.